The summed E-state index contributed by atoms with van der Waals surface area (Å²) in [6.45, 7) is 15.1. The molecule has 0 radical (unpaired) electrons. The number of fused-ring (bicyclic) bond motifs is 5. The Morgan fingerprint density at radius 3 is 2.67 bits per heavy atom. The van der Waals surface area contributed by atoms with Gasteiger partial charge in [-0.25, -0.2) is 4.98 Å². The SMILES string of the molecule is C=C1Nc2nc3ccc(CN4CCN(C)CC4)cc3n2C[C@H](C)CCCCC(=NC)C(=CN)c2cc1cc(C)n2. The third-order valence-electron chi connectivity index (χ3n) is 8.26. The van der Waals surface area contributed by atoms with E-state index in [1.165, 1.54) is 11.1 Å². The maximum Gasteiger partial charge on any atom is 0.208 e. The van der Waals surface area contributed by atoms with Gasteiger partial charge in [-0.15, -0.1) is 0 Å². The Bertz CT molecular complexity index is 1420. The van der Waals surface area contributed by atoms with Crippen LogP contribution in [0.2, 0.25) is 0 Å². The molecule has 8 heteroatoms. The van der Waals surface area contributed by atoms with Gasteiger partial charge in [0.25, 0.3) is 0 Å². The predicted molar refractivity (Wildman–Crippen MR) is 167 cm³/mol. The molecule has 0 spiro atoms. The van der Waals surface area contributed by atoms with Gasteiger partial charge in [0.15, 0.2) is 0 Å². The van der Waals surface area contributed by atoms with Gasteiger partial charge in [-0.2, -0.15) is 0 Å². The number of rotatable bonds is 2. The van der Waals surface area contributed by atoms with E-state index in [0.717, 1.165) is 110 Å². The van der Waals surface area contributed by atoms with Crippen LogP contribution in [0.3, 0.4) is 0 Å². The molecule has 4 heterocycles. The highest BCUT2D eigenvalue weighted by atomic mass is 15.2. The van der Waals surface area contributed by atoms with Crippen molar-refractivity contribution in [3.05, 3.63) is 65.6 Å². The summed E-state index contributed by atoms with van der Waals surface area (Å²) in [5, 5.41) is 3.57. The molecule has 3 N–H and O–H groups in total. The predicted octanol–water partition coefficient (Wildman–Crippen LogP) is 5.15. The summed E-state index contributed by atoms with van der Waals surface area (Å²) < 4.78 is 2.36. The lowest BCUT2D eigenvalue weighted by atomic mass is 9.97. The molecule has 1 aromatic carbocycles. The third-order valence-corrected chi connectivity index (χ3v) is 8.26. The summed E-state index contributed by atoms with van der Waals surface area (Å²) in [5.41, 5.74) is 15.0. The van der Waals surface area contributed by atoms with E-state index in [9.17, 15) is 0 Å². The van der Waals surface area contributed by atoms with Crippen LogP contribution in [0.1, 0.15) is 55.1 Å². The molecule has 0 aliphatic carbocycles. The van der Waals surface area contributed by atoms with Crippen LogP contribution < -0.4 is 11.1 Å². The molecular weight excluding hydrogens is 496 g/mol. The van der Waals surface area contributed by atoms with Crippen molar-refractivity contribution >= 4 is 34.0 Å². The summed E-state index contributed by atoms with van der Waals surface area (Å²) in [7, 11) is 4.04. The minimum absolute atomic E-state index is 0.495. The number of nitrogens with one attached hydrogen (secondary N) is 1. The molecule has 0 unspecified atom stereocenters. The van der Waals surface area contributed by atoms with E-state index in [1.54, 1.807) is 6.20 Å². The lowest BCUT2D eigenvalue weighted by Gasteiger charge is -2.32. The van der Waals surface area contributed by atoms with Crippen LogP contribution in [0, 0.1) is 12.8 Å². The second-order valence-corrected chi connectivity index (χ2v) is 11.5. The molecule has 8 nitrogen and oxygen atoms in total. The van der Waals surface area contributed by atoms with Crippen LogP contribution in [-0.2, 0) is 13.1 Å². The fourth-order valence-electron chi connectivity index (χ4n) is 5.88. The van der Waals surface area contributed by atoms with Crippen molar-refractivity contribution in [2.45, 2.75) is 52.6 Å². The highest BCUT2D eigenvalue weighted by Crippen LogP contribution is 2.29. The number of aryl methyl sites for hydroxylation is 1. The highest BCUT2D eigenvalue weighted by Gasteiger charge is 2.19. The van der Waals surface area contributed by atoms with Gasteiger partial charge in [-0.05, 0) is 69.0 Å². The van der Waals surface area contributed by atoms with Gasteiger partial charge in [0.1, 0.15) is 0 Å². The zero-order valence-corrected chi connectivity index (χ0v) is 24.6. The fourth-order valence-corrected chi connectivity index (χ4v) is 5.88. The van der Waals surface area contributed by atoms with E-state index in [1.807, 2.05) is 14.0 Å². The van der Waals surface area contributed by atoms with Crippen molar-refractivity contribution in [1.29, 1.82) is 0 Å². The van der Waals surface area contributed by atoms with Gasteiger partial charge >= 0.3 is 0 Å². The Morgan fingerprint density at radius 2 is 1.93 bits per heavy atom. The molecule has 2 aliphatic rings. The minimum atomic E-state index is 0.495. The molecule has 0 amide bonds. The molecule has 1 atom stereocenters. The summed E-state index contributed by atoms with van der Waals surface area (Å²) in [5.74, 6) is 1.33. The van der Waals surface area contributed by atoms with E-state index >= 15 is 0 Å². The first kappa shape index (κ1) is 28.1. The fraction of sp³-hybridized carbons (Fsp3) is 0.469. The average Bonchev–Trinajstić information content (AvgIpc) is 3.26. The second-order valence-electron chi connectivity index (χ2n) is 11.5. The number of aliphatic imine (C=N–C) groups is 1. The van der Waals surface area contributed by atoms with Gasteiger partial charge in [0.2, 0.25) is 5.95 Å². The van der Waals surface area contributed by atoms with Crippen LogP contribution in [-0.4, -0.2) is 70.3 Å². The van der Waals surface area contributed by atoms with Crippen LogP contribution in [0.4, 0.5) is 5.95 Å². The lowest BCUT2D eigenvalue weighted by Crippen LogP contribution is -2.43. The van der Waals surface area contributed by atoms with Gasteiger partial charge in [-0.3, -0.25) is 14.9 Å². The van der Waals surface area contributed by atoms with E-state index < -0.39 is 0 Å². The molecule has 2 aliphatic heterocycles. The van der Waals surface area contributed by atoms with Crippen LogP contribution in [0.15, 0.2) is 48.1 Å². The molecule has 3 aromatic rings. The molecule has 1 saturated heterocycles. The third kappa shape index (κ3) is 6.29. The molecule has 5 rings (SSSR count). The summed E-state index contributed by atoms with van der Waals surface area (Å²) >= 11 is 0. The summed E-state index contributed by atoms with van der Waals surface area (Å²) in [6.07, 6.45) is 5.84. The van der Waals surface area contributed by atoms with Crippen molar-refractivity contribution in [3.63, 3.8) is 0 Å². The normalized spacial score (nSPS) is 22.2. The number of imidazole rings is 1. The minimum Gasteiger partial charge on any atom is -0.404 e. The Kier molecular flexibility index (Phi) is 8.66. The molecular formula is C32H44N8. The first-order valence-corrected chi connectivity index (χ1v) is 14.6. The number of anilines is 1. The Hall–Kier alpha value is -3.49. The number of aromatic nitrogens is 3. The molecule has 0 saturated carbocycles. The zero-order valence-electron chi connectivity index (χ0n) is 24.6. The Labute approximate surface area is 238 Å². The number of piperazine rings is 1. The number of likely N-dealkylation sites (N-methyl/N-ethyl adjacent to an activating group) is 1. The quantitative estimate of drug-likeness (QED) is 0.468. The molecule has 212 valence electrons. The number of benzene rings is 1. The number of nitrogens with two attached hydrogens (primary N) is 1. The first-order chi connectivity index (χ1) is 19.3. The monoisotopic (exact) mass is 540 g/mol. The number of nitrogens with zero attached hydrogens (tertiary/aromatic N) is 6. The zero-order chi connectivity index (χ0) is 28.2. The van der Waals surface area contributed by atoms with Crippen LogP contribution in [0.5, 0.6) is 0 Å². The van der Waals surface area contributed by atoms with E-state index in [0.29, 0.717) is 5.92 Å². The van der Waals surface area contributed by atoms with Gasteiger partial charge in [0.05, 0.1) is 16.7 Å². The van der Waals surface area contributed by atoms with Crippen LogP contribution >= 0.6 is 0 Å². The van der Waals surface area contributed by atoms with E-state index in [2.05, 4.69) is 75.6 Å². The smallest absolute Gasteiger partial charge is 0.208 e. The van der Waals surface area contributed by atoms with Crippen molar-refractivity contribution in [3.8, 4) is 0 Å². The van der Waals surface area contributed by atoms with Crippen molar-refractivity contribution in [1.82, 2.24) is 24.3 Å². The Balaban J connectivity index is 1.51. The summed E-state index contributed by atoms with van der Waals surface area (Å²) in [6, 6.07) is 10.9. The topological polar surface area (TPSA) is 87.6 Å². The highest BCUT2D eigenvalue weighted by molar-refractivity contribution is 6.23. The van der Waals surface area contributed by atoms with Crippen LogP contribution in [0.25, 0.3) is 22.3 Å². The largest absolute Gasteiger partial charge is 0.404 e. The summed E-state index contributed by atoms with van der Waals surface area (Å²) in [4.78, 5) is 19.4. The van der Waals surface area contributed by atoms with Crippen molar-refractivity contribution in [2.75, 3.05) is 45.6 Å². The average molecular weight is 541 g/mol. The number of pyridine rings is 1. The second kappa shape index (κ2) is 12.4. The number of hydrogen-bond donors (Lipinski definition) is 2. The molecule has 1 fully saturated rings. The maximum atomic E-state index is 6.12. The van der Waals surface area contributed by atoms with E-state index in [-0.39, 0.29) is 0 Å². The van der Waals surface area contributed by atoms with E-state index in [4.69, 9.17) is 15.7 Å². The number of allylic oxidation sites excluding steroid dienone is 1. The standard InChI is InChI=1S/C32H44N8/c1-22-8-6-7-9-28(34-4)27(19-33)30-18-26(16-23(2)35-30)24(3)36-32-37-29-11-10-25(17-31(29)40(32)20-22)21-39-14-12-38(5)13-15-39/h10-11,16-19,22H,3,6-9,12-15,20-21,33H2,1-2,4-5H3,(H,36,37)/t22-/m1/s1. The number of hydrogen-bond acceptors (Lipinski definition) is 7. The maximum absolute atomic E-state index is 6.12. The first-order valence-electron chi connectivity index (χ1n) is 14.6. The van der Waals surface area contributed by atoms with Gasteiger partial charge in [-0.1, -0.05) is 26.0 Å². The van der Waals surface area contributed by atoms with Crippen molar-refractivity contribution in [2.24, 2.45) is 16.6 Å². The van der Waals surface area contributed by atoms with Gasteiger partial charge < -0.3 is 20.5 Å². The van der Waals surface area contributed by atoms with Gasteiger partial charge in [0, 0.05) is 80.8 Å². The lowest BCUT2D eigenvalue weighted by molar-refractivity contribution is 0.148. The molecule has 2 bridgehead atoms. The van der Waals surface area contributed by atoms with Crippen molar-refractivity contribution < 1.29 is 0 Å². The Morgan fingerprint density at radius 1 is 1.12 bits per heavy atom. The molecule has 40 heavy (non-hydrogen) atoms. The molecule has 2 aromatic heterocycles.